The van der Waals surface area contributed by atoms with Crippen LogP contribution in [0.15, 0.2) is 0 Å². The molecule has 0 aliphatic heterocycles. The van der Waals surface area contributed by atoms with Gasteiger partial charge in [-0.3, -0.25) is 0 Å². The molecule has 12 heavy (non-hydrogen) atoms. The first-order chi connectivity index (χ1) is 5.69. The Hall–Kier alpha value is -1.46. The van der Waals surface area contributed by atoms with Gasteiger partial charge in [0.1, 0.15) is 0 Å². The van der Waals surface area contributed by atoms with Crippen molar-refractivity contribution in [3.8, 4) is 11.8 Å². The Bertz CT molecular complexity index is 263. The lowest BCUT2D eigenvalue weighted by Gasteiger charge is -2.02. The number of hydrogen-bond acceptors (Lipinski definition) is 4. The summed E-state index contributed by atoms with van der Waals surface area (Å²) in [7, 11) is 2.33. The normalized spacial score (nSPS) is 9.67. The van der Waals surface area contributed by atoms with Crippen LogP contribution < -0.4 is 9.47 Å². The Labute approximate surface area is 67.2 Å². The van der Waals surface area contributed by atoms with Crippen LogP contribution in [0.1, 0.15) is 0 Å². The van der Waals surface area contributed by atoms with Crippen molar-refractivity contribution in [3.05, 3.63) is 11.9 Å². The Morgan fingerprint density at radius 1 is 0.917 bits per heavy atom. The first-order valence-corrected chi connectivity index (χ1v) is 3.00. The fraction of sp³-hybridized carbons (Fsp3) is 0.333. The van der Waals surface area contributed by atoms with Gasteiger partial charge in [-0.1, -0.05) is 0 Å². The fourth-order valence-electron chi connectivity index (χ4n) is 0.626. The number of methoxy groups -OCH3 is 2. The first-order valence-electron chi connectivity index (χ1n) is 3.00. The third-order valence-corrected chi connectivity index (χ3v) is 1.14. The number of halogens is 2. The standard InChI is InChI=1S/C6H6F2N2O2/c1-11-5-3(7)10-6(12-2)4(8)9-5/h1-2H3. The zero-order valence-electron chi connectivity index (χ0n) is 6.47. The molecule has 0 fully saturated rings. The van der Waals surface area contributed by atoms with E-state index in [-0.39, 0.29) is 0 Å². The molecule has 1 heterocycles. The molecular weight excluding hydrogens is 170 g/mol. The molecule has 0 bridgehead atoms. The molecule has 0 aromatic carbocycles. The van der Waals surface area contributed by atoms with Gasteiger partial charge in [0.15, 0.2) is 0 Å². The number of ether oxygens (including phenoxy) is 2. The molecule has 1 aromatic heterocycles. The summed E-state index contributed by atoms with van der Waals surface area (Å²) in [6.07, 6.45) is 0. The van der Waals surface area contributed by atoms with Gasteiger partial charge >= 0.3 is 0 Å². The fourth-order valence-corrected chi connectivity index (χ4v) is 0.626. The van der Waals surface area contributed by atoms with Crippen LogP contribution in [0.3, 0.4) is 0 Å². The van der Waals surface area contributed by atoms with Crippen molar-refractivity contribution in [1.82, 2.24) is 9.97 Å². The van der Waals surface area contributed by atoms with Crippen LogP contribution in [0.2, 0.25) is 0 Å². The van der Waals surface area contributed by atoms with Crippen molar-refractivity contribution in [2.75, 3.05) is 14.2 Å². The summed E-state index contributed by atoms with van der Waals surface area (Å²) in [5.41, 5.74) is 0. The zero-order chi connectivity index (χ0) is 9.14. The number of hydrogen-bond donors (Lipinski definition) is 0. The summed E-state index contributed by atoms with van der Waals surface area (Å²) in [4.78, 5) is 6.22. The predicted molar refractivity (Wildman–Crippen MR) is 35.1 cm³/mol. The maximum atomic E-state index is 12.7. The zero-order valence-corrected chi connectivity index (χ0v) is 6.47. The van der Waals surface area contributed by atoms with Gasteiger partial charge in [0, 0.05) is 0 Å². The lowest BCUT2D eigenvalue weighted by Crippen LogP contribution is -2.01. The van der Waals surface area contributed by atoms with Crippen molar-refractivity contribution in [2.24, 2.45) is 0 Å². The third-order valence-electron chi connectivity index (χ3n) is 1.14. The summed E-state index contributed by atoms with van der Waals surface area (Å²) in [5, 5.41) is 0. The molecule has 0 spiro atoms. The second-order valence-electron chi connectivity index (χ2n) is 1.82. The summed E-state index contributed by atoms with van der Waals surface area (Å²) < 4.78 is 34.1. The Morgan fingerprint density at radius 3 is 1.50 bits per heavy atom. The van der Waals surface area contributed by atoms with E-state index in [1.807, 2.05) is 0 Å². The molecular formula is C6H6F2N2O2. The van der Waals surface area contributed by atoms with Crippen LogP contribution in [0.4, 0.5) is 8.78 Å². The molecule has 0 radical (unpaired) electrons. The number of aromatic nitrogens is 2. The summed E-state index contributed by atoms with van der Waals surface area (Å²) >= 11 is 0. The van der Waals surface area contributed by atoms with Gasteiger partial charge in [-0.2, -0.15) is 18.7 Å². The van der Waals surface area contributed by atoms with Crippen molar-refractivity contribution in [3.63, 3.8) is 0 Å². The SMILES string of the molecule is COc1nc(F)c(OC)nc1F. The Balaban J connectivity index is 3.16. The summed E-state index contributed by atoms with van der Waals surface area (Å²) in [6.45, 7) is 0. The lowest BCUT2D eigenvalue weighted by molar-refractivity contribution is 0.312. The van der Waals surface area contributed by atoms with Gasteiger partial charge in [-0.05, 0) is 0 Å². The van der Waals surface area contributed by atoms with Crippen molar-refractivity contribution >= 4 is 0 Å². The molecule has 0 unspecified atom stereocenters. The summed E-state index contributed by atoms with van der Waals surface area (Å²) in [5.74, 6) is -2.99. The molecule has 0 saturated heterocycles. The molecule has 1 aromatic rings. The van der Waals surface area contributed by atoms with Crippen molar-refractivity contribution < 1.29 is 18.3 Å². The molecule has 4 nitrogen and oxygen atoms in total. The van der Waals surface area contributed by atoms with Gasteiger partial charge < -0.3 is 9.47 Å². The van der Waals surface area contributed by atoms with E-state index in [2.05, 4.69) is 19.4 Å². The van der Waals surface area contributed by atoms with E-state index in [0.29, 0.717) is 0 Å². The minimum Gasteiger partial charge on any atom is -0.478 e. The highest BCUT2D eigenvalue weighted by Crippen LogP contribution is 2.17. The minimum absolute atomic E-state index is 0.492. The third kappa shape index (κ3) is 1.41. The maximum absolute atomic E-state index is 12.7. The maximum Gasteiger partial charge on any atom is 0.279 e. The average molecular weight is 176 g/mol. The van der Waals surface area contributed by atoms with E-state index < -0.39 is 23.7 Å². The monoisotopic (exact) mass is 176 g/mol. The van der Waals surface area contributed by atoms with E-state index in [9.17, 15) is 8.78 Å². The molecule has 0 amide bonds. The van der Waals surface area contributed by atoms with E-state index in [0.717, 1.165) is 0 Å². The molecule has 0 aliphatic rings. The average Bonchev–Trinajstić information content (AvgIpc) is 2.08. The van der Waals surface area contributed by atoms with Crippen LogP contribution in [-0.2, 0) is 0 Å². The van der Waals surface area contributed by atoms with Crippen LogP contribution in [0.25, 0.3) is 0 Å². The van der Waals surface area contributed by atoms with E-state index in [1.165, 1.54) is 14.2 Å². The van der Waals surface area contributed by atoms with Crippen LogP contribution in [0, 0.1) is 11.9 Å². The van der Waals surface area contributed by atoms with E-state index >= 15 is 0 Å². The molecule has 0 atom stereocenters. The highest BCUT2D eigenvalue weighted by atomic mass is 19.1. The molecule has 0 saturated carbocycles. The van der Waals surface area contributed by atoms with Crippen LogP contribution >= 0.6 is 0 Å². The van der Waals surface area contributed by atoms with Crippen LogP contribution in [-0.4, -0.2) is 24.2 Å². The lowest BCUT2D eigenvalue weighted by atomic mass is 10.6. The highest BCUT2D eigenvalue weighted by molar-refractivity contribution is 5.14. The molecule has 0 aliphatic carbocycles. The highest BCUT2D eigenvalue weighted by Gasteiger charge is 2.13. The molecule has 66 valence electrons. The number of nitrogens with zero attached hydrogens (tertiary/aromatic N) is 2. The van der Waals surface area contributed by atoms with Gasteiger partial charge in [0.25, 0.3) is 23.7 Å². The molecule has 1 rings (SSSR count). The minimum atomic E-state index is -1.00. The Kier molecular flexibility index (Phi) is 2.37. The molecule has 0 N–H and O–H groups in total. The van der Waals surface area contributed by atoms with Gasteiger partial charge in [0.05, 0.1) is 14.2 Å². The van der Waals surface area contributed by atoms with E-state index in [4.69, 9.17) is 0 Å². The second kappa shape index (κ2) is 3.29. The Morgan fingerprint density at radius 2 is 1.25 bits per heavy atom. The topological polar surface area (TPSA) is 44.2 Å². The van der Waals surface area contributed by atoms with Crippen molar-refractivity contribution in [2.45, 2.75) is 0 Å². The van der Waals surface area contributed by atoms with Gasteiger partial charge in [-0.25, -0.2) is 0 Å². The van der Waals surface area contributed by atoms with Crippen molar-refractivity contribution in [1.29, 1.82) is 0 Å². The van der Waals surface area contributed by atoms with Crippen LogP contribution in [0.5, 0.6) is 11.8 Å². The number of rotatable bonds is 2. The summed E-state index contributed by atoms with van der Waals surface area (Å²) in [6, 6.07) is 0. The predicted octanol–water partition coefficient (Wildman–Crippen LogP) is 0.772. The van der Waals surface area contributed by atoms with Gasteiger partial charge in [0.2, 0.25) is 0 Å². The van der Waals surface area contributed by atoms with E-state index in [1.54, 1.807) is 0 Å². The first kappa shape index (κ1) is 8.63. The van der Waals surface area contributed by atoms with Gasteiger partial charge in [-0.15, -0.1) is 0 Å². The smallest absolute Gasteiger partial charge is 0.279 e. The molecule has 6 heteroatoms. The quantitative estimate of drug-likeness (QED) is 0.667. The second-order valence-corrected chi connectivity index (χ2v) is 1.82. The largest absolute Gasteiger partial charge is 0.478 e.